The van der Waals surface area contributed by atoms with E-state index in [0.29, 0.717) is 0 Å². The zero-order chi connectivity index (χ0) is 13.1. The van der Waals surface area contributed by atoms with E-state index in [1.807, 2.05) is 17.8 Å². The maximum atomic E-state index is 5.90. The molecule has 3 nitrogen and oxygen atoms in total. The number of nitrogens with zero attached hydrogens (tertiary/aromatic N) is 2. The predicted molar refractivity (Wildman–Crippen MR) is 77.4 cm³/mol. The Hall–Kier alpha value is -0.840. The second-order valence-corrected chi connectivity index (χ2v) is 6.21. The van der Waals surface area contributed by atoms with Crippen LogP contribution in [0.15, 0.2) is 12.1 Å². The molecule has 0 atom stereocenters. The molecule has 0 bridgehead atoms. The Kier molecular flexibility index (Phi) is 4.43. The largest absolute Gasteiger partial charge is 0.312 e. The van der Waals surface area contributed by atoms with E-state index >= 15 is 0 Å². The maximum Gasteiger partial charge on any atom is 0.0931 e. The van der Waals surface area contributed by atoms with Crippen molar-refractivity contribution in [1.82, 2.24) is 15.1 Å². The fourth-order valence-corrected chi connectivity index (χ4v) is 3.07. The van der Waals surface area contributed by atoms with Crippen molar-refractivity contribution >= 4 is 22.9 Å². The van der Waals surface area contributed by atoms with Crippen LogP contribution in [0.3, 0.4) is 0 Å². The van der Waals surface area contributed by atoms with Crippen LogP contribution in [0.4, 0.5) is 0 Å². The van der Waals surface area contributed by atoms with Crippen LogP contribution in [0.25, 0.3) is 0 Å². The SMILES string of the molecule is Cc1nn(C)c(C)c1CNCCc1ccc(Cl)s1. The Morgan fingerprint density at radius 3 is 2.72 bits per heavy atom. The summed E-state index contributed by atoms with van der Waals surface area (Å²) >= 11 is 7.55. The smallest absolute Gasteiger partial charge is 0.0931 e. The lowest BCUT2D eigenvalue weighted by atomic mass is 10.2. The van der Waals surface area contributed by atoms with Crippen molar-refractivity contribution < 1.29 is 0 Å². The van der Waals surface area contributed by atoms with Crippen molar-refractivity contribution in [1.29, 1.82) is 0 Å². The first-order valence-corrected chi connectivity index (χ1v) is 7.21. The quantitative estimate of drug-likeness (QED) is 0.855. The summed E-state index contributed by atoms with van der Waals surface area (Å²) < 4.78 is 2.80. The Morgan fingerprint density at radius 1 is 1.39 bits per heavy atom. The molecule has 0 unspecified atom stereocenters. The number of nitrogens with one attached hydrogen (secondary N) is 1. The van der Waals surface area contributed by atoms with Gasteiger partial charge in [-0.15, -0.1) is 11.3 Å². The number of rotatable bonds is 5. The van der Waals surface area contributed by atoms with Crippen LogP contribution in [-0.2, 0) is 20.0 Å². The third-order valence-corrected chi connectivity index (χ3v) is 4.43. The molecular weight excluding hydrogens is 266 g/mol. The third-order valence-electron chi connectivity index (χ3n) is 3.14. The van der Waals surface area contributed by atoms with Crippen molar-refractivity contribution in [3.05, 3.63) is 38.3 Å². The minimum atomic E-state index is 0.865. The molecule has 18 heavy (non-hydrogen) atoms. The minimum absolute atomic E-state index is 0.865. The first-order chi connectivity index (χ1) is 8.58. The van der Waals surface area contributed by atoms with Crippen LogP contribution in [0.5, 0.6) is 0 Å². The summed E-state index contributed by atoms with van der Waals surface area (Å²) in [6.07, 6.45) is 1.02. The summed E-state index contributed by atoms with van der Waals surface area (Å²) in [4.78, 5) is 1.33. The third kappa shape index (κ3) is 3.13. The van der Waals surface area contributed by atoms with Gasteiger partial charge < -0.3 is 5.32 Å². The molecule has 5 heteroatoms. The van der Waals surface area contributed by atoms with Gasteiger partial charge in [-0.3, -0.25) is 4.68 Å². The molecule has 1 N–H and O–H groups in total. The second-order valence-electron chi connectivity index (χ2n) is 4.41. The van der Waals surface area contributed by atoms with Gasteiger partial charge in [0, 0.05) is 36.3 Å². The highest BCUT2D eigenvalue weighted by Gasteiger charge is 2.08. The van der Waals surface area contributed by atoms with E-state index < -0.39 is 0 Å². The number of halogens is 1. The van der Waals surface area contributed by atoms with Gasteiger partial charge in [0.1, 0.15) is 0 Å². The summed E-state index contributed by atoms with van der Waals surface area (Å²) in [5, 5.41) is 7.88. The molecule has 0 saturated heterocycles. The minimum Gasteiger partial charge on any atom is -0.312 e. The molecule has 0 saturated carbocycles. The van der Waals surface area contributed by atoms with Gasteiger partial charge in [0.15, 0.2) is 0 Å². The molecule has 0 aliphatic rings. The van der Waals surface area contributed by atoms with Gasteiger partial charge in [0.2, 0.25) is 0 Å². The van der Waals surface area contributed by atoms with E-state index in [-0.39, 0.29) is 0 Å². The van der Waals surface area contributed by atoms with E-state index in [2.05, 4.69) is 30.3 Å². The van der Waals surface area contributed by atoms with Crippen molar-refractivity contribution in [2.45, 2.75) is 26.8 Å². The average Bonchev–Trinajstić information content (AvgIpc) is 2.82. The van der Waals surface area contributed by atoms with Gasteiger partial charge in [-0.25, -0.2) is 0 Å². The van der Waals surface area contributed by atoms with E-state index in [1.165, 1.54) is 16.1 Å². The number of aromatic nitrogens is 2. The molecule has 2 heterocycles. The average molecular weight is 284 g/mol. The summed E-state index contributed by atoms with van der Waals surface area (Å²) in [6, 6.07) is 4.05. The molecule has 2 aromatic heterocycles. The summed E-state index contributed by atoms with van der Waals surface area (Å²) in [7, 11) is 1.99. The van der Waals surface area contributed by atoms with Crippen molar-refractivity contribution in [2.75, 3.05) is 6.54 Å². The van der Waals surface area contributed by atoms with Crippen LogP contribution < -0.4 is 5.32 Å². The molecule has 2 aromatic rings. The van der Waals surface area contributed by atoms with Gasteiger partial charge in [-0.05, 0) is 32.4 Å². The maximum absolute atomic E-state index is 5.90. The molecular formula is C13H18ClN3S. The molecule has 0 aliphatic carbocycles. The lowest BCUT2D eigenvalue weighted by Crippen LogP contribution is -2.17. The van der Waals surface area contributed by atoms with Gasteiger partial charge in [0.25, 0.3) is 0 Å². The number of hydrogen-bond acceptors (Lipinski definition) is 3. The van der Waals surface area contributed by atoms with Crippen LogP contribution in [0.2, 0.25) is 4.34 Å². The zero-order valence-corrected chi connectivity index (χ0v) is 12.5. The number of thiophene rings is 1. The first-order valence-electron chi connectivity index (χ1n) is 6.02. The molecule has 0 aromatic carbocycles. The van der Waals surface area contributed by atoms with E-state index in [9.17, 15) is 0 Å². The van der Waals surface area contributed by atoms with E-state index in [4.69, 9.17) is 11.6 Å². The Balaban J connectivity index is 1.82. The Labute approximate surface area is 117 Å². The molecule has 0 amide bonds. The van der Waals surface area contributed by atoms with Crippen molar-refractivity contribution in [3.8, 4) is 0 Å². The fraction of sp³-hybridized carbons (Fsp3) is 0.462. The summed E-state index contributed by atoms with van der Waals surface area (Å²) in [6.45, 7) is 6.01. The number of aryl methyl sites for hydroxylation is 2. The number of hydrogen-bond donors (Lipinski definition) is 1. The molecule has 0 spiro atoms. The lowest BCUT2D eigenvalue weighted by Gasteiger charge is -2.04. The van der Waals surface area contributed by atoms with E-state index in [1.54, 1.807) is 11.3 Å². The van der Waals surface area contributed by atoms with Crippen LogP contribution in [0.1, 0.15) is 21.8 Å². The van der Waals surface area contributed by atoms with Gasteiger partial charge in [-0.1, -0.05) is 11.6 Å². The summed E-state index contributed by atoms with van der Waals surface area (Å²) in [5.74, 6) is 0. The molecule has 0 radical (unpaired) electrons. The molecule has 0 aliphatic heterocycles. The van der Waals surface area contributed by atoms with Crippen molar-refractivity contribution in [3.63, 3.8) is 0 Å². The highest BCUT2D eigenvalue weighted by atomic mass is 35.5. The second kappa shape index (κ2) is 5.87. The monoisotopic (exact) mass is 283 g/mol. The summed E-state index contributed by atoms with van der Waals surface area (Å²) in [5.41, 5.74) is 3.66. The van der Waals surface area contributed by atoms with Crippen LogP contribution in [-0.4, -0.2) is 16.3 Å². The highest BCUT2D eigenvalue weighted by Crippen LogP contribution is 2.21. The highest BCUT2D eigenvalue weighted by molar-refractivity contribution is 7.16. The van der Waals surface area contributed by atoms with E-state index in [0.717, 1.165) is 29.5 Å². The topological polar surface area (TPSA) is 29.9 Å². The molecule has 2 rings (SSSR count). The molecule has 98 valence electrons. The normalized spacial score (nSPS) is 11.1. The molecule has 0 fully saturated rings. The van der Waals surface area contributed by atoms with Crippen LogP contribution in [0, 0.1) is 13.8 Å². The predicted octanol–water partition coefficient (Wildman–Crippen LogP) is 3.08. The fourth-order valence-electron chi connectivity index (χ4n) is 1.98. The zero-order valence-electron chi connectivity index (χ0n) is 11.0. The lowest BCUT2D eigenvalue weighted by molar-refractivity contribution is 0.682. The van der Waals surface area contributed by atoms with Gasteiger partial charge >= 0.3 is 0 Å². The Morgan fingerprint density at radius 2 is 2.17 bits per heavy atom. The van der Waals surface area contributed by atoms with Crippen molar-refractivity contribution in [2.24, 2.45) is 7.05 Å². The van der Waals surface area contributed by atoms with Gasteiger partial charge in [-0.2, -0.15) is 5.10 Å². The van der Waals surface area contributed by atoms with Gasteiger partial charge in [0.05, 0.1) is 10.0 Å². The van der Waals surface area contributed by atoms with Crippen LogP contribution >= 0.6 is 22.9 Å². The standard InChI is InChI=1S/C13H18ClN3S/c1-9-12(10(2)17(3)16-9)8-15-7-6-11-4-5-13(14)18-11/h4-5,15H,6-8H2,1-3H3. The first kappa shape index (κ1) is 13.6. The Bertz CT molecular complexity index is 530.